The fourth-order valence-electron chi connectivity index (χ4n) is 3.70. The van der Waals surface area contributed by atoms with Gasteiger partial charge in [0.15, 0.2) is 0 Å². The first-order valence-electron chi connectivity index (χ1n) is 7.34. The van der Waals surface area contributed by atoms with Crippen LogP contribution in [-0.4, -0.2) is 47.4 Å². The second-order valence-corrected chi connectivity index (χ2v) is 6.08. The molecule has 0 bridgehead atoms. The van der Waals surface area contributed by atoms with Gasteiger partial charge in [0.05, 0.1) is 12.2 Å². The number of ether oxygens (including phenoxy) is 1. The largest absolute Gasteiger partial charge is 0.395 e. The predicted octanol–water partition coefficient (Wildman–Crippen LogP) is 1.93. The molecule has 2 aliphatic carbocycles. The molecular weight excluding hydrogens is 214 g/mol. The van der Waals surface area contributed by atoms with Gasteiger partial charge in [0.1, 0.15) is 0 Å². The van der Waals surface area contributed by atoms with Gasteiger partial charge in [0.2, 0.25) is 0 Å². The number of nitrogens with zero attached hydrogens (tertiary/aromatic N) is 1. The average Bonchev–Trinajstić information content (AvgIpc) is 2.24. The van der Waals surface area contributed by atoms with E-state index in [1.165, 1.54) is 44.9 Å². The number of aliphatic hydroxyl groups excluding tert-OH is 1. The summed E-state index contributed by atoms with van der Waals surface area (Å²) >= 11 is 0. The molecule has 0 aromatic rings. The van der Waals surface area contributed by atoms with E-state index in [1.54, 1.807) is 0 Å². The number of aliphatic hydroxyl groups is 1. The smallest absolute Gasteiger partial charge is 0.0697 e. The maximum Gasteiger partial charge on any atom is 0.0697 e. The zero-order valence-corrected chi connectivity index (χ0v) is 10.7. The van der Waals surface area contributed by atoms with Gasteiger partial charge in [-0.3, -0.25) is 4.90 Å². The van der Waals surface area contributed by atoms with E-state index in [0.717, 1.165) is 25.6 Å². The van der Waals surface area contributed by atoms with E-state index in [-0.39, 0.29) is 5.60 Å². The second-order valence-electron chi connectivity index (χ2n) is 6.08. The van der Waals surface area contributed by atoms with Gasteiger partial charge < -0.3 is 9.84 Å². The molecule has 1 N–H and O–H groups in total. The Balaban J connectivity index is 1.63. The Kier molecular flexibility index (Phi) is 3.42. The lowest BCUT2D eigenvalue weighted by atomic mass is 9.73. The van der Waals surface area contributed by atoms with Crippen molar-refractivity contribution < 1.29 is 9.84 Å². The van der Waals surface area contributed by atoms with Crippen LogP contribution in [-0.2, 0) is 4.74 Å². The highest BCUT2D eigenvalue weighted by molar-refractivity contribution is 4.98. The van der Waals surface area contributed by atoms with E-state index in [1.807, 2.05) is 0 Å². The highest BCUT2D eigenvalue weighted by Crippen LogP contribution is 2.44. The molecule has 3 nitrogen and oxygen atoms in total. The van der Waals surface area contributed by atoms with Crippen LogP contribution in [0.15, 0.2) is 0 Å². The van der Waals surface area contributed by atoms with Crippen LogP contribution in [0, 0.1) is 0 Å². The molecule has 1 unspecified atom stereocenters. The molecule has 0 aromatic heterocycles. The first-order chi connectivity index (χ1) is 8.33. The lowest BCUT2D eigenvalue weighted by Gasteiger charge is -2.52. The van der Waals surface area contributed by atoms with E-state index in [9.17, 15) is 5.11 Å². The fourth-order valence-corrected chi connectivity index (χ4v) is 3.70. The van der Waals surface area contributed by atoms with Crippen LogP contribution in [0.25, 0.3) is 0 Å². The summed E-state index contributed by atoms with van der Waals surface area (Å²) in [4.78, 5) is 2.59. The van der Waals surface area contributed by atoms with E-state index >= 15 is 0 Å². The van der Waals surface area contributed by atoms with Crippen molar-refractivity contribution in [2.45, 2.75) is 69.1 Å². The maximum absolute atomic E-state index is 9.26. The Labute approximate surface area is 104 Å². The van der Waals surface area contributed by atoms with Crippen LogP contribution >= 0.6 is 0 Å². The molecule has 2 saturated carbocycles. The van der Waals surface area contributed by atoms with Crippen molar-refractivity contribution in [3.8, 4) is 0 Å². The number of rotatable bonds is 4. The number of hydrogen-bond donors (Lipinski definition) is 1. The van der Waals surface area contributed by atoms with Crippen molar-refractivity contribution in [1.82, 2.24) is 4.90 Å². The monoisotopic (exact) mass is 239 g/mol. The quantitative estimate of drug-likeness (QED) is 0.813. The van der Waals surface area contributed by atoms with Crippen LogP contribution in [0.1, 0.15) is 51.4 Å². The topological polar surface area (TPSA) is 32.7 Å². The molecule has 1 heterocycles. The van der Waals surface area contributed by atoms with Crippen LogP contribution in [0.5, 0.6) is 0 Å². The Bertz CT molecular complexity index is 261. The van der Waals surface area contributed by atoms with Crippen LogP contribution in [0.3, 0.4) is 0 Å². The van der Waals surface area contributed by atoms with Gasteiger partial charge in [0, 0.05) is 25.2 Å². The number of hydrogen-bond acceptors (Lipinski definition) is 3. The lowest BCUT2D eigenvalue weighted by Crippen LogP contribution is -2.56. The minimum absolute atomic E-state index is 0.236. The van der Waals surface area contributed by atoms with Gasteiger partial charge in [-0.15, -0.1) is 0 Å². The summed E-state index contributed by atoms with van der Waals surface area (Å²) in [5.41, 5.74) is 0.236. The zero-order valence-electron chi connectivity index (χ0n) is 10.7. The van der Waals surface area contributed by atoms with Crippen molar-refractivity contribution in [1.29, 1.82) is 0 Å². The molecule has 3 heteroatoms. The molecule has 1 atom stereocenters. The third kappa shape index (κ3) is 2.25. The van der Waals surface area contributed by atoms with Crippen molar-refractivity contribution in [3.05, 3.63) is 0 Å². The molecule has 0 aromatic carbocycles. The third-order valence-electron chi connectivity index (χ3n) is 5.10. The van der Waals surface area contributed by atoms with Gasteiger partial charge in [-0.05, 0) is 44.9 Å². The molecule has 98 valence electrons. The third-order valence-corrected chi connectivity index (χ3v) is 5.10. The summed E-state index contributed by atoms with van der Waals surface area (Å²) in [5, 5.41) is 9.26. The first-order valence-corrected chi connectivity index (χ1v) is 7.34. The highest BCUT2D eigenvalue weighted by Gasteiger charge is 2.45. The molecule has 0 radical (unpaired) electrons. The molecule has 3 aliphatic rings. The lowest BCUT2D eigenvalue weighted by molar-refractivity contribution is -0.155. The van der Waals surface area contributed by atoms with Crippen molar-refractivity contribution in [2.75, 3.05) is 19.8 Å². The van der Waals surface area contributed by atoms with Gasteiger partial charge >= 0.3 is 0 Å². The standard InChI is InChI=1S/C14H25NO2/c16-9-8-15(12-3-1-4-12)13-5-10-17-14(11-13)6-2-7-14/h12-13,16H,1-11H2. The second kappa shape index (κ2) is 4.87. The van der Waals surface area contributed by atoms with Crippen LogP contribution in [0.4, 0.5) is 0 Å². The van der Waals surface area contributed by atoms with Gasteiger partial charge in [-0.25, -0.2) is 0 Å². The van der Waals surface area contributed by atoms with E-state index < -0.39 is 0 Å². The summed E-state index contributed by atoms with van der Waals surface area (Å²) in [6, 6.07) is 1.42. The molecular formula is C14H25NO2. The Morgan fingerprint density at radius 1 is 1.12 bits per heavy atom. The van der Waals surface area contributed by atoms with Crippen molar-refractivity contribution >= 4 is 0 Å². The molecule has 1 aliphatic heterocycles. The first kappa shape index (κ1) is 11.9. The Morgan fingerprint density at radius 2 is 1.94 bits per heavy atom. The molecule has 1 spiro atoms. The summed E-state index contributed by atoms with van der Waals surface area (Å²) in [7, 11) is 0. The molecule has 3 fully saturated rings. The van der Waals surface area contributed by atoms with Gasteiger partial charge in [-0.2, -0.15) is 0 Å². The van der Waals surface area contributed by atoms with E-state index in [0.29, 0.717) is 12.6 Å². The normalized spacial score (nSPS) is 32.5. The Hall–Kier alpha value is -0.120. The maximum atomic E-state index is 9.26. The predicted molar refractivity (Wildman–Crippen MR) is 67.0 cm³/mol. The van der Waals surface area contributed by atoms with E-state index in [2.05, 4.69) is 4.90 Å². The summed E-state index contributed by atoms with van der Waals surface area (Å²) in [6.07, 6.45) is 10.3. The molecule has 1 saturated heterocycles. The van der Waals surface area contributed by atoms with Gasteiger partial charge in [-0.1, -0.05) is 6.42 Å². The fraction of sp³-hybridized carbons (Fsp3) is 1.00. The molecule has 0 amide bonds. The van der Waals surface area contributed by atoms with Crippen molar-refractivity contribution in [3.63, 3.8) is 0 Å². The average molecular weight is 239 g/mol. The SMILES string of the molecule is OCCN(C1CCC1)C1CCOC2(CCC2)C1. The highest BCUT2D eigenvalue weighted by atomic mass is 16.5. The minimum Gasteiger partial charge on any atom is -0.395 e. The summed E-state index contributed by atoms with van der Waals surface area (Å²) < 4.78 is 6.00. The summed E-state index contributed by atoms with van der Waals surface area (Å²) in [6.45, 7) is 2.10. The molecule has 3 rings (SSSR count). The minimum atomic E-state index is 0.236. The van der Waals surface area contributed by atoms with Crippen molar-refractivity contribution in [2.24, 2.45) is 0 Å². The van der Waals surface area contributed by atoms with Gasteiger partial charge in [0.25, 0.3) is 0 Å². The Morgan fingerprint density at radius 3 is 2.47 bits per heavy atom. The molecule has 17 heavy (non-hydrogen) atoms. The van der Waals surface area contributed by atoms with E-state index in [4.69, 9.17) is 4.74 Å². The summed E-state index contributed by atoms with van der Waals surface area (Å²) in [5.74, 6) is 0. The van der Waals surface area contributed by atoms with Crippen LogP contribution in [0.2, 0.25) is 0 Å². The zero-order chi connectivity index (χ0) is 11.7. The van der Waals surface area contributed by atoms with Crippen LogP contribution < -0.4 is 0 Å².